The second kappa shape index (κ2) is 10.1. The van der Waals surface area contributed by atoms with Crippen LogP contribution in [0.2, 0.25) is 10.0 Å². The van der Waals surface area contributed by atoms with E-state index in [1.807, 2.05) is 0 Å². The second-order valence-corrected chi connectivity index (χ2v) is 9.14. The van der Waals surface area contributed by atoms with Crippen molar-refractivity contribution in [3.8, 4) is 0 Å². The summed E-state index contributed by atoms with van der Waals surface area (Å²) in [5, 5.41) is 4.59. The van der Waals surface area contributed by atoms with E-state index in [2.05, 4.69) is 10.6 Å². The monoisotopic (exact) mass is 567 g/mol. The minimum Gasteiger partial charge on any atom is -0.350 e. The summed E-state index contributed by atoms with van der Waals surface area (Å²) in [5.74, 6) is -2.20. The number of carbonyl (C=O) groups is 3. The van der Waals surface area contributed by atoms with E-state index in [4.69, 9.17) is 34.8 Å². The molecule has 3 aromatic carbocycles. The van der Waals surface area contributed by atoms with Gasteiger partial charge in [-0.1, -0.05) is 46.9 Å². The maximum Gasteiger partial charge on any atom is 0.417 e. The molecule has 190 valence electrons. The quantitative estimate of drug-likeness (QED) is 0.325. The first kappa shape index (κ1) is 26.5. The summed E-state index contributed by atoms with van der Waals surface area (Å²) in [4.78, 5) is 39.4. The number of imide groups is 1. The number of halogens is 6. The van der Waals surface area contributed by atoms with Crippen LogP contribution in [0.15, 0.2) is 71.4 Å². The van der Waals surface area contributed by atoms with Crippen LogP contribution in [0.4, 0.5) is 30.2 Å². The molecule has 0 saturated heterocycles. The summed E-state index contributed by atoms with van der Waals surface area (Å²) in [6.45, 7) is 1.70. The first-order chi connectivity index (χ1) is 17.4. The van der Waals surface area contributed by atoms with Crippen LogP contribution in [-0.4, -0.2) is 17.7 Å². The van der Waals surface area contributed by atoms with Crippen LogP contribution in [0.5, 0.6) is 0 Å². The molecule has 0 saturated carbocycles. The van der Waals surface area contributed by atoms with Gasteiger partial charge in [0.1, 0.15) is 10.7 Å². The highest BCUT2D eigenvalue weighted by molar-refractivity contribution is 6.53. The molecule has 1 aliphatic heterocycles. The van der Waals surface area contributed by atoms with E-state index in [-0.39, 0.29) is 33.4 Å². The highest BCUT2D eigenvalue weighted by Gasteiger charge is 2.39. The molecule has 0 radical (unpaired) electrons. The lowest BCUT2D eigenvalue weighted by Gasteiger charge is -2.18. The summed E-state index contributed by atoms with van der Waals surface area (Å²) in [6, 6.07) is 13.5. The smallest absolute Gasteiger partial charge is 0.350 e. The van der Waals surface area contributed by atoms with Crippen molar-refractivity contribution in [2.24, 2.45) is 0 Å². The maximum atomic E-state index is 13.1. The Labute approximate surface area is 223 Å². The molecule has 1 aliphatic rings. The van der Waals surface area contributed by atoms with Gasteiger partial charge in [-0.3, -0.25) is 14.4 Å². The van der Waals surface area contributed by atoms with Crippen LogP contribution < -0.4 is 15.5 Å². The number of rotatable bonds is 5. The van der Waals surface area contributed by atoms with Gasteiger partial charge in [-0.15, -0.1) is 0 Å². The Morgan fingerprint density at radius 2 is 1.62 bits per heavy atom. The first-order valence-electron chi connectivity index (χ1n) is 10.5. The first-order valence-corrected chi connectivity index (χ1v) is 11.6. The molecule has 3 amide bonds. The molecular weight excluding hydrogens is 554 g/mol. The van der Waals surface area contributed by atoms with Crippen molar-refractivity contribution in [3.05, 3.63) is 98.1 Å². The number of amides is 3. The lowest BCUT2D eigenvalue weighted by molar-refractivity contribution is -0.137. The van der Waals surface area contributed by atoms with E-state index >= 15 is 0 Å². The molecule has 6 nitrogen and oxygen atoms in total. The summed E-state index contributed by atoms with van der Waals surface area (Å²) >= 11 is 17.8. The number of nitrogens with zero attached hydrogens (tertiary/aromatic N) is 1. The summed E-state index contributed by atoms with van der Waals surface area (Å²) < 4.78 is 39.4. The number of alkyl halides is 3. The van der Waals surface area contributed by atoms with Crippen LogP contribution in [0.25, 0.3) is 0 Å². The van der Waals surface area contributed by atoms with Gasteiger partial charge in [-0.2, -0.15) is 13.2 Å². The number of nitrogens with one attached hydrogen (secondary N) is 2. The van der Waals surface area contributed by atoms with Crippen LogP contribution >= 0.6 is 34.8 Å². The molecule has 0 atom stereocenters. The molecule has 3 aromatic rings. The minimum atomic E-state index is -4.70. The number of carbonyl (C=O) groups excluding carboxylic acids is 3. The van der Waals surface area contributed by atoms with E-state index in [0.29, 0.717) is 10.6 Å². The van der Waals surface area contributed by atoms with Crippen molar-refractivity contribution >= 4 is 69.6 Å². The molecule has 4 rings (SSSR count). The van der Waals surface area contributed by atoms with Crippen molar-refractivity contribution in [2.75, 3.05) is 15.5 Å². The fourth-order valence-electron chi connectivity index (χ4n) is 3.56. The Balaban J connectivity index is 1.55. The summed E-state index contributed by atoms with van der Waals surface area (Å²) in [6.07, 6.45) is -4.70. The average molecular weight is 569 g/mol. The standard InChI is InChI=1S/C25H15Cl3F3N3O3/c1-12-5-6-14(26)10-19(12)34-23(36)20(28)21(24(34)37)32-15-4-2-3-13(9-15)22(35)33-16-7-8-18(27)17(11-16)25(29,30)31/h2-11,32H,1H3,(H,33,35). The molecule has 0 spiro atoms. The van der Waals surface area contributed by atoms with Gasteiger partial charge >= 0.3 is 6.18 Å². The van der Waals surface area contributed by atoms with E-state index in [1.54, 1.807) is 19.1 Å². The minimum absolute atomic E-state index is 0.0598. The number of hydrogen-bond donors (Lipinski definition) is 2. The van der Waals surface area contributed by atoms with Gasteiger partial charge < -0.3 is 10.6 Å². The van der Waals surface area contributed by atoms with E-state index in [0.717, 1.165) is 17.0 Å². The fourth-order valence-corrected chi connectivity index (χ4v) is 4.16. The average Bonchev–Trinajstić information content (AvgIpc) is 3.04. The van der Waals surface area contributed by atoms with E-state index in [1.165, 1.54) is 36.4 Å². The second-order valence-electron chi connectivity index (χ2n) is 7.92. The Bertz CT molecular complexity index is 1490. The third-order valence-electron chi connectivity index (χ3n) is 5.36. The fraction of sp³-hybridized carbons (Fsp3) is 0.0800. The molecular formula is C25H15Cl3F3N3O3. The molecule has 0 aromatic heterocycles. The number of hydrogen-bond acceptors (Lipinski definition) is 4. The van der Waals surface area contributed by atoms with Crippen molar-refractivity contribution < 1.29 is 27.6 Å². The molecule has 0 fully saturated rings. The highest BCUT2D eigenvalue weighted by atomic mass is 35.5. The zero-order chi connectivity index (χ0) is 27.1. The Hall–Kier alpha value is -3.53. The van der Waals surface area contributed by atoms with Crippen molar-refractivity contribution in [1.29, 1.82) is 0 Å². The van der Waals surface area contributed by atoms with Crippen LogP contribution in [0.1, 0.15) is 21.5 Å². The molecule has 0 unspecified atom stereocenters. The van der Waals surface area contributed by atoms with Gasteiger partial charge in [0, 0.05) is 22.0 Å². The molecule has 2 N–H and O–H groups in total. The number of anilines is 3. The summed E-state index contributed by atoms with van der Waals surface area (Å²) in [5.41, 5.74) is -0.236. The highest BCUT2D eigenvalue weighted by Crippen LogP contribution is 2.36. The Morgan fingerprint density at radius 1 is 0.892 bits per heavy atom. The third kappa shape index (κ3) is 5.44. The predicted octanol–water partition coefficient (Wildman–Crippen LogP) is 7.01. The Morgan fingerprint density at radius 3 is 2.32 bits per heavy atom. The maximum absolute atomic E-state index is 13.1. The predicted molar refractivity (Wildman–Crippen MR) is 136 cm³/mol. The van der Waals surface area contributed by atoms with Crippen molar-refractivity contribution in [1.82, 2.24) is 0 Å². The van der Waals surface area contributed by atoms with Gasteiger partial charge in [0.15, 0.2) is 0 Å². The van der Waals surface area contributed by atoms with Gasteiger partial charge in [-0.25, -0.2) is 4.90 Å². The number of aryl methyl sites for hydroxylation is 1. The van der Waals surface area contributed by atoms with E-state index < -0.39 is 34.5 Å². The largest absolute Gasteiger partial charge is 0.417 e. The van der Waals surface area contributed by atoms with Gasteiger partial charge in [-0.05, 0) is 61.0 Å². The van der Waals surface area contributed by atoms with Crippen molar-refractivity contribution in [2.45, 2.75) is 13.1 Å². The normalized spacial score (nSPS) is 13.9. The van der Waals surface area contributed by atoms with Gasteiger partial charge in [0.2, 0.25) is 0 Å². The number of benzene rings is 3. The zero-order valence-corrected chi connectivity index (χ0v) is 21.0. The van der Waals surface area contributed by atoms with Crippen LogP contribution in [-0.2, 0) is 15.8 Å². The van der Waals surface area contributed by atoms with E-state index in [9.17, 15) is 27.6 Å². The van der Waals surface area contributed by atoms with Crippen LogP contribution in [0.3, 0.4) is 0 Å². The lowest BCUT2D eigenvalue weighted by atomic mass is 10.1. The molecule has 37 heavy (non-hydrogen) atoms. The van der Waals surface area contributed by atoms with Crippen LogP contribution in [0, 0.1) is 6.92 Å². The van der Waals surface area contributed by atoms with Crippen molar-refractivity contribution in [3.63, 3.8) is 0 Å². The molecule has 0 aliphatic carbocycles. The lowest BCUT2D eigenvalue weighted by Crippen LogP contribution is -2.32. The molecule has 12 heteroatoms. The zero-order valence-electron chi connectivity index (χ0n) is 18.7. The topological polar surface area (TPSA) is 78.5 Å². The SMILES string of the molecule is Cc1ccc(Cl)cc1N1C(=O)C(Cl)=C(Nc2cccc(C(=O)Nc3ccc(Cl)c(C(F)(F)F)c3)c2)C1=O. The molecule has 0 bridgehead atoms. The van der Waals surface area contributed by atoms with Gasteiger partial charge in [0.25, 0.3) is 17.7 Å². The summed E-state index contributed by atoms with van der Waals surface area (Å²) in [7, 11) is 0. The third-order valence-corrected chi connectivity index (χ3v) is 6.28. The van der Waals surface area contributed by atoms with Gasteiger partial charge in [0.05, 0.1) is 16.3 Å². The Kier molecular flexibility index (Phi) is 7.23. The molecule has 1 heterocycles.